The average molecular weight is 448 g/mol. The number of halogens is 3. The molecule has 150 valence electrons. The Morgan fingerprint density at radius 1 is 1.11 bits per heavy atom. The maximum absolute atomic E-state index is 12.2. The molecule has 0 aliphatic carbocycles. The van der Waals surface area contributed by atoms with Crippen LogP contribution in [0.4, 0.5) is 10.5 Å². The monoisotopic (exact) mass is 446 g/mol. The minimum Gasteiger partial charge on any atom is -0.437 e. The molecule has 2 aromatic carbocycles. The number of carbonyl (C=O) groups excluding carboxylic acids is 1. The van der Waals surface area contributed by atoms with Gasteiger partial charge >= 0.3 is 6.09 Å². The molecular weight excluding hydrogens is 431 g/mol. The molecule has 10 heteroatoms. The van der Waals surface area contributed by atoms with Gasteiger partial charge in [0.1, 0.15) is 0 Å². The summed E-state index contributed by atoms with van der Waals surface area (Å²) in [5, 5.41) is 13.3. The van der Waals surface area contributed by atoms with Crippen molar-refractivity contribution in [3.63, 3.8) is 0 Å². The summed E-state index contributed by atoms with van der Waals surface area (Å²) < 4.78 is 8.75. The number of nitrogens with zero attached hydrogens (tertiary/aromatic N) is 1. The van der Waals surface area contributed by atoms with Gasteiger partial charge in [0, 0.05) is 19.2 Å². The summed E-state index contributed by atoms with van der Waals surface area (Å²) >= 11 is 17.9. The number of nitro groups is 1. The molecule has 7 nitrogen and oxygen atoms in total. The molecular formula is C18H17Cl3N2O5. The summed E-state index contributed by atoms with van der Waals surface area (Å²) in [6.45, 7) is 0.0501. The predicted molar refractivity (Wildman–Crippen MR) is 107 cm³/mol. The lowest BCUT2D eigenvalue weighted by Crippen LogP contribution is -2.33. The molecule has 2 atom stereocenters. The van der Waals surface area contributed by atoms with Crippen molar-refractivity contribution in [3.05, 3.63) is 75.8 Å². The molecule has 0 radical (unpaired) electrons. The number of alkyl halides is 3. The maximum Gasteiger partial charge on any atom is 0.408 e. The van der Waals surface area contributed by atoms with Crippen LogP contribution in [0.25, 0.3) is 0 Å². The van der Waals surface area contributed by atoms with Gasteiger partial charge in [-0.25, -0.2) is 4.79 Å². The van der Waals surface area contributed by atoms with Gasteiger partial charge in [-0.3, -0.25) is 10.1 Å². The number of benzene rings is 2. The Kier molecular flexibility index (Phi) is 7.88. The van der Waals surface area contributed by atoms with E-state index in [9.17, 15) is 14.9 Å². The quantitative estimate of drug-likeness (QED) is 0.361. The molecule has 1 N–H and O–H groups in total. The minimum atomic E-state index is -1.86. The molecule has 0 aromatic heterocycles. The van der Waals surface area contributed by atoms with Crippen molar-refractivity contribution in [3.8, 4) is 0 Å². The molecule has 0 saturated carbocycles. The number of nitrogens with one attached hydrogen (secondary N) is 1. The zero-order valence-corrected chi connectivity index (χ0v) is 16.9. The molecule has 0 aliphatic rings. The van der Waals surface area contributed by atoms with Gasteiger partial charge in [0.2, 0.25) is 3.79 Å². The van der Waals surface area contributed by atoms with Crippen LogP contribution in [0.15, 0.2) is 54.6 Å². The van der Waals surface area contributed by atoms with E-state index in [2.05, 4.69) is 5.32 Å². The lowest BCUT2D eigenvalue weighted by molar-refractivity contribution is -0.384. The van der Waals surface area contributed by atoms with Gasteiger partial charge in [-0.15, -0.1) is 0 Å². The highest BCUT2D eigenvalue weighted by molar-refractivity contribution is 6.68. The van der Waals surface area contributed by atoms with Crippen LogP contribution in [0.1, 0.15) is 23.3 Å². The van der Waals surface area contributed by atoms with E-state index in [1.165, 1.54) is 19.2 Å². The maximum atomic E-state index is 12.2. The average Bonchev–Trinajstić information content (AvgIpc) is 2.66. The molecule has 0 aliphatic heterocycles. The third-order valence-corrected chi connectivity index (χ3v) is 4.41. The summed E-state index contributed by atoms with van der Waals surface area (Å²) in [4.78, 5) is 22.5. The molecule has 0 fully saturated rings. The second-order valence-corrected chi connectivity index (χ2v) is 8.06. The topological polar surface area (TPSA) is 90.7 Å². The summed E-state index contributed by atoms with van der Waals surface area (Å²) in [7, 11) is 1.45. The fraction of sp³-hybridized carbons (Fsp3) is 0.278. The van der Waals surface area contributed by atoms with Gasteiger partial charge in [-0.05, 0) is 23.3 Å². The molecule has 0 unspecified atom stereocenters. The van der Waals surface area contributed by atoms with Crippen molar-refractivity contribution in [2.24, 2.45) is 0 Å². The molecule has 28 heavy (non-hydrogen) atoms. The number of ether oxygens (including phenoxy) is 2. The first-order valence-corrected chi connectivity index (χ1v) is 9.19. The van der Waals surface area contributed by atoms with Crippen LogP contribution in [0.5, 0.6) is 0 Å². The Morgan fingerprint density at radius 3 is 2.21 bits per heavy atom. The second-order valence-electron chi connectivity index (χ2n) is 5.69. The van der Waals surface area contributed by atoms with E-state index in [0.29, 0.717) is 11.1 Å². The Hall–Kier alpha value is -2.06. The lowest BCUT2D eigenvalue weighted by atomic mass is 10.1. The summed E-state index contributed by atoms with van der Waals surface area (Å²) in [5.41, 5.74) is 1.13. The van der Waals surface area contributed by atoms with E-state index in [1.54, 1.807) is 42.5 Å². The van der Waals surface area contributed by atoms with E-state index >= 15 is 0 Å². The SMILES string of the molecule is CO[C@@H](CNC(=O)O[C@H](c1ccccc1)C(Cl)(Cl)Cl)c1ccc([N+](=O)[O-])cc1. The Labute approximate surface area is 176 Å². The number of rotatable bonds is 7. The van der Waals surface area contributed by atoms with Crippen LogP contribution < -0.4 is 5.32 Å². The zero-order chi connectivity index (χ0) is 20.7. The second kappa shape index (κ2) is 9.93. The van der Waals surface area contributed by atoms with Gasteiger partial charge in [0.15, 0.2) is 6.10 Å². The number of nitro benzene ring substituents is 1. The fourth-order valence-corrected chi connectivity index (χ4v) is 2.94. The fourth-order valence-electron chi connectivity index (χ4n) is 2.42. The molecule has 1 amide bonds. The number of methoxy groups -OCH3 is 1. The van der Waals surface area contributed by atoms with Crippen LogP contribution in [-0.4, -0.2) is 28.5 Å². The molecule has 0 heterocycles. The van der Waals surface area contributed by atoms with E-state index in [-0.39, 0.29) is 12.2 Å². The number of carbonyl (C=O) groups is 1. The van der Waals surface area contributed by atoms with Crippen molar-refractivity contribution >= 4 is 46.6 Å². The van der Waals surface area contributed by atoms with E-state index < -0.39 is 27.0 Å². The third kappa shape index (κ3) is 6.24. The van der Waals surface area contributed by atoms with Gasteiger partial charge in [0.05, 0.1) is 17.6 Å². The Bertz CT molecular complexity index is 797. The van der Waals surface area contributed by atoms with Crippen LogP contribution in [0, 0.1) is 10.1 Å². The van der Waals surface area contributed by atoms with Crippen molar-refractivity contribution in [1.82, 2.24) is 5.32 Å². The highest BCUT2D eigenvalue weighted by atomic mass is 35.6. The summed E-state index contributed by atoms with van der Waals surface area (Å²) in [5.74, 6) is 0. The van der Waals surface area contributed by atoms with Crippen molar-refractivity contribution < 1.29 is 19.2 Å². The molecule has 2 aromatic rings. The first-order chi connectivity index (χ1) is 13.2. The number of alkyl carbamates (subject to hydrolysis) is 1. The van der Waals surface area contributed by atoms with Gasteiger partial charge in [-0.1, -0.05) is 65.1 Å². The van der Waals surface area contributed by atoms with Gasteiger partial charge < -0.3 is 14.8 Å². The highest BCUT2D eigenvalue weighted by Crippen LogP contribution is 2.42. The number of hydrogen-bond donors (Lipinski definition) is 1. The number of amides is 1. The van der Waals surface area contributed by atoms with Crippen LogP contribution in [0.2, 0.25) is 0 Å². The first-order valence-electron chi connectivity index (χ1n) is 8.05. The molecule has 0 saturated heterocycles. The van der Waals surface area contributed by atoms with Crippen LogP contribution in [-0.2, 0) is 9.47 Å². The van der Waals surface area contributed by atoms with Crippen LogP contribution in [0.3, 0.4) is 0 Å². The van der Waals surface area contributed by atoms with Gasteiger partial charge in [-0.2, -0.15) is 0 Å². The Balaban J connectivity index is 2.01. The largest absolute Gasteiger partial charge is 0.437 e. The third-order valence-electron chi connectivity index (χ3n) is 3.82. The molecule has 0 spiro atoms. The van der Waals surface area contributed by atoms with E-state index in [4.69, 9.17) is 44.3 Å². The number of non-ortho nitro benzene ring substituents is 1. The Morgan fingerprint density at radius 2 is 1.71 bits per heavy atom. The predicted octanol–water partition coefficient (Wildman–Crippen LogP) is 5.12. The molecule has 2 rings (SSSR count). The van der Waals surface area contributed by atoms with Crippen molar-refractivity contribution in [2.45, 2.75) is 16.0 Å². The van der Waals surface area contributed by atoms with Crippen molar-refractivity contribution in [1.29, 1.82) is 0 Å². The minimum absolute atomic E-state index is 0.0423. The van der Waals surface area contributed by atoms with E-state index in [0.717, 1.165) is 0 Å². The number of hydrogen-bond acceptors (Lipinski definition) is 5. The van der Waals surface area contributed by atoms with Gasteiger partial charge in [0.25, 0.3) is 5.69 Å². The summed E-state index contributed by atoms with van der Waals surface area (Å²) in [6.07, 6.45) is -2.46. The lowest BCUT2D eigenvalue weighted by Gasteiger charge is -2.25. The first kappa shape index (κ1) is 22.2. The summed E-state index contributed by atoms with van der Waals surface area (Å²) in [6, 6.07) is 14.4. The normalized spacial score (nSPS) is 13.4. The van der Waals surface area contributed by atoms with Crippen LogP contribution >= 0.6 is 34.8 Å². The highest BCUT2D eigenvalue weighted by Gasteiger charge is 2.37. The van der Waals surface area contributed by atoms with Crippen molar-refractivity contribution in [2.75, 3.05) is 13.7 Å². The molecule has 0 bridgehead atoms. The zero-order valence-electron chi connectivity index (χ0n) is 14.7. The standard InChI is InChI=1S/C18H17Cl3N2O5/c1-27-15(12-7-9-14(10-8-12)23(25)26)11-22-17(24)28-16(18(19,20)21)13-5-3-2-4-6-13/h2-10,15-16H,11H2,1H3,(H,22,24)/t15-,16+/m0/s1. The smallest absolute Gasteiger partial charge is 0.408 e. The van der Waals surface area contributed by atoms with E-state index in [1.807, 2.05) is 0 Å².